The van der Waals surface area contributed by atoms with Crippen molar-refractivity contribution in [3.05, 3.63) is 66.5 Å². The topological polar surface area (TPSA) is 71.0 Å². The molecule has 160 valence electrons. The number of nitrogens with zero attached hydrogens (tertiary/aromatic N) is 4. The van der Waals surface area contributed by atoms with Gasteiger partial charge in [-0.05, 0) is 63.6 Å². The molecule has 1 aliphatic carbocycles. The molecule has 2 atom stereocenters. The number of carbonyl (C=O) groups is 1. The maximum Gasteiger partial charge on any atom is 0.138 e. The lowest BCUT2D eigenvalue weighted by atomic mass is 9.86. The molecule has 2 aliphatic rings. The van der Waals surface area contributed by atoms with Gasteiger partial charge in [-0.15, -0.1) is 0 Å². The molecular weight excluding hydrogens is 393 g/mol. The van der Waals surface area contributed by atoms with E-state index in [1.165, 1.54) is 25.5 Å². The summed E-state index contributed by atoms with van der Waals surface area (Å²) >= 11 is 0. The fourth-order valence-corrected chi connectivity index (χ4v) is 4.62. The van der Waals surface area contributed by atoms with Crippen LogP contribution in [0.4, 0.5) is 15.9 Å². The summed E-state index contributed by atoms with van der Waals surface area (Å²) in [6.45, 7) is 2.42. The second-order valence-electron chi connectivity index (χ2n) is 8.17. The highest BCUT2D eigenvalue weighted by atomic mass is 19.1. The SMILES string of the molecule is CC=O.CN1CC2(c3nc(Nc4cccc(F)c4)cc(-c4cccnc4)n3)CCC1C2. The van der Waals surface area contributed by atoms with Gasteiger partial charge in [0.05, 0.1) is 5.69 Å². The summed E-state index contributed by atoms with van der Waals surface area (Å²) in [6, 6.07) is 12.9. The molecule has 31 heavy (non-hydrogen) atoms. The van der Waals surface area contributed by atoms with E-state index in [4.69, 9.17) is 14.8 Å². The van der Waals surface area contributed by atoms with Crippen LogP contribution in [0.2, 0.25) is 0 Å². The van der Waals surface area contributed by atoms with E-state index in [1.54, 1.807) is 12.3 Å². The van der Waals surface area contributed by atoms with Crippen LogP contribution in [0.1, 0.15) is 32.0 Å². The molecular formula is C24H26FN5O. The van der Waals surface area contributed by atoms with Crippen molar-refractivity contribution in [2.45, 2.75) is 37.6 Å². The lowest BCUT2D eigenvalue weighted by Crippen LogP contribution is -2.35. The third kappa shape index (κ3) is 4.46. The molecule has 2 unspecified atom stereocenters. The zero-order chi connectivity index (χ0) is 21.8. The van der Waals surface area contributed by atoms with Crippen molar-refractivity contribution >= 4 is 17.8 Å². The first-order valence-electron chi connectivity index (χ1n) is 10.5. The van der Waals surface area contributed by atoms with Crippen LogP contribution in [0, 0.1) is 5.82 Å². The van der Waals surface area contributed by atoms with Gasteiger partial charge in [-0.3, -0.25) is 4.98 Å². The normalized spacial score (nSPS) is 22.0. The number of aromatic nitrogens is 3. The highest BCUT2D eigenvalue weighted by Gasteiger charge is 2.51. The number of likely N-dealkylation sites (tertiary alicyclic amines) is 1. The van der Waals surface area contributed by atoms with Gasteiger partial charge < -0.3 is 15.0 Å². The molecule has 2 bridgehead atoms. The summed E-state index contributed by atoms with van der Waals surface area (Å²) in [5, 5.41) is 3.26. The third-order valence-electron chi connectivity index (χ3n) is 6.01. The Morgan fingerprint density at radius 1 is 1.23 bits per heavy atom. The van der Waals surface area contributed by atoms with Gasteiger partial charge in [0.15, 0.2) is 0 Å². The minimum absolute atomic E-state index is 0.00396. The Morgan fingerprint density at radius 3 is 2.71 bits per heavy atom. The fourth-order valence-electron chi connectivity index (χ4n) is 4.62. The maximum absolute atomic E-state index is 13.6. The maximum atomic E-state index is 13.6. The van der Waals surface area contributed by atoms with Crippen LogP contribution in [0.5, 0.6) is 0 Å². The second-order valence-corrected chi connectivity index (χ2v) is 8.17. The number of pyridine rings is 1. The van der Waals surface area contributed by atoms with Gasteiger partial charge in [-0.1, -0.05) is 6.07 Å². The molecule has 1 saturated heterocycles. The van der Waals surface area contributed by atoms with Crippen molar-refractivity contribution in [3.63, 3.8) is 0 Å². The van der Waals surface area contributed by atoms with Crippen LogP contribution < -0.4 is 5.32 Å². The largest absolute Gasteiger partial charge is 0.340 e. The van der Waals surface area contributed by atoms with Crippen molar-refractivity contribution in [2.75, 3.05) is 18.9 Å². The van der Waals surface area contributed by atoms with Crippen molar-refractivity contribution < 1.29 is 9.18 Å². The zero-order valence-corrected chi connectivity index (χ0v) is 17.8. The molecule has 3 heterocycles. The van der Waals surface area contributed by atoms with Gasteiger partial charge in [0, 0.05) is 47.7 Å². The van der Waals surface area contributed by atoms with Gasteiger partial charge in [-0.25, -0.2) is 14.4 Å². The quantitative estimate of drug-likeness (QED) is 0.634. The predicted molar refractivity (Wildman–Crippen MR) is 119 cm³/mol. The van der Waals surface area contributed by atoms with Crippen LogP contribution >= 0.6 is 0 Å². The lowest BCUT2D eigenvalue weighted by Gasteiger charge is -2.29. The number of nitrogens with one attached hydrogen (secondary N) is 1. The number of fused-ring (bicyclic) bond motifs is 2. The number of anilines is 2. The van der Waals surface area contributed by atoms with E-state index in [0.29, 0.717) is 17.5 Å². The van der Waals surface area contributed by atoms with Crippen LogP contribution in [0.15, 0.2) is 54.9 Å². The first-order valence-corrected chi connectivity index (χ1v) is 10.5. The number of rotatable bonds is 4. The van der Waals surface area contributed by atoms with Crippen molar-refractivity contribution in [1.82, 2.24) is 19.9 Å². The molecule has 1 saturated carbocycles. The zero-order valence-electron chi connectivity index (χ0n) is 17.8. The van der Waals surface area contributed by atoms with Crippen LogP contribution in [-0.2, 0) is 10.2 Å². The van der Waals surface area contributed by atoms with Gasteiger partial charge in [-0.2, -0.15) is 0 Å². The average molecular weight is 420 g/mol. The number of aldehydes is 1. The molecule has 1 aromatic carbocycles. The predicted octanol–water partition coefficient (Wildman–Crippen LogP) is 4.36. The number of hydrogen-bond donors (Lipinski definition) is 1. The molecule has 3 aromatic rings. The van der Waals surface area contributed by atoms with E-state index >= 15 is 0 Å². The molecule has 2 aromatic heterocycles. The van der Waals surface area contributed by atoms with E-state index in [-0.39, 0.29) is 11.2 Å². The van der Waals surface area contributed by atoms with E-state index in [9.17, 15) is 4.39 Å². The molecule has 0 spiro atoms. The highest BCUT2D eigenvalue weighted by Crippen LogP contribution is 2.48. The summed E-state index contributed by atoms with van der Waals surface area (Å²) in [6.07, 6.45) is 7.71. The third-order valence-corrected chi connectivity index (χ3v) is 6.01. The molecule has 1 N–H and O–H groups in total. The average Bonchev–Trinajstić information content (AvgIpc) is 3.34. The molecule has 6 nitrogen and oxygen atoms in total. The number of benzene rings is 1. The Hall–Kier alpha value is -3.19. The number of hydrogen-bond acceptors (Lipinski definition) is 6. The Labute approximate surface area is 181 Å². The molecule has 0 amide bonds. The number of halogens is 1. The number of piperidine rings is 1. The van der Waals surface area contributed by atoms with Crippen molar-refractivity contribution in [2.24, 2.45) is 0 Å². The first-order chi connectivity index (χ1) is 15.0. The molecule has 2 fully saturated rings. The van der Waals surface area contributed by atoms with Gasteiger partial charge in [0.1, 0.15) is 23.7 Å². The fraction of sp³-hybridized carbons (Fsp3) is 0.333. The van der Waals surface area contributed by atoms with Crippen LogP contribution in [0.25, 0.3) is 11.3 Å². The first kappa shape index (κ1) is 21.1. The summed E-state index contributed by atoms with van der Waals surface area (Å²) < 4.78 is 13.6. The highest BCUT2D eigenvalue weighted by molar-refractivity contribution is 5.65. The Bertz CT molecular complexity index is 1060. The summed E-state index contributed by atoms with van der Waals surface area (Å²) in [5.74, 6) is 1.28. The molecule has 7 heteroatoms. The van der Waals surface area contributed by atoms with Gasteiger partial charge in [0.2, 0.25) is 0 Å². The van der Waals surface area contributed by atoms with Gasteiger partial charge >= 0.3 is 0 Å². The molecule has 1 aliphatic heterocycles. The summed E-state index contributed by atoms with van der Waals surface area (Å²) in [5.41, 5.74) is 2.46. The molecule has 0 radical (unpaired) electrons. The monoisotopic (exact) mass is 419 g/mol. The standard InChI is InChI=1S/C22H22FN5.C2H4O/c1-28-14-22(8-7-18(28)12-22)21-26-19(15-4-3-9-24-13-15)11-20(27-21)25-17-6-2-5-16(23)10-17;1-2-3/h2-6,9-11,13,18H,7-8,12,14H2,1H3,(H,25,26,27);2H,1H3. The Balaban J connectivity index is 0.000000730. The Kier molecular flexibility index (Phi) is 6.04. The van der Waals surface area contributed by atoms with Gasteiger partial charge in [0.25, 0.3) is 0 Å². The van der Waals surface area contributed by atoms with Crippen LogP contribution in [0.3, 0.4) is 0 Å². The molecule has 5 rings (SSSR count). The van der Waals surface area contributed by atoms with E-state index in [1.807, 2.05) is 30.5 Å². The Morgan fingerprint density at radius 2 is 2.06 bits per heavy atom. The van der Waals surface area contributed by atoms with Crippen molar-refractivity contribution in [3.8, 4) is 11.3 Å². The number of likely N-dealkylation sites (N-methyl/N-ethyl adjacent to an activating group) is 1. The smallest absolute Gasteiger partial charge is 0.138 e. The van der Waals surface area contributed by atoms with Crippen LogP contribution in [-0.4, -0.2) is 45.8 Å². The minimum Gasteiger partial charge on any atom is -0.340 e. The summed E-state index contributed by atoms with van der Waals surface area (Å²) in [4.78, 5) is 25.3. The van der Waals surface area contributed by atoms with E-state index in [2.05, 4.69) is 22.2 Å². The minimum atomic E-state index is -0.276. The van der Waals surface area contributed by atoms with Crippen molar-refractivity contribution in [1.29, 1.82) is 0 Å². The second kappa shape index (κ2) is 8.89. The lowest BCUT2D eigenvalue weighted by molar-refractivity contribution is -0.106. The van der Waals surface area contributed by atoms with E-state index in [0.717, 1.165) is 42.8 Å². The summed E-state index contributed by atoms with van der Waals surface area (Å²) in [7, 11) is 2.18. The van der Waals surface area contributed by atoms with E-state index < -0.39 is 0 Å². The number of carbonyl (C=O) groups excluding carboxylic acids is 1.